The van der Waals surface area contributed by atoms with E-state index in [1.54, 1.807) is 22.7 Å². The van der Waals surface area contributed by atoms with Crippen LogP contribution in [0, 0.1) is 11.6 Å². The molecule has 1 N–H and O–H groups in total. The van der Waals surface area contributed by atoms with Gasteiger partial charge in [-0.15, -0.1) is 10.2 Å². The van der Waals surface area contributed by atoms with Crippen molar-refractivity contribution < 1.29 is 18.4 Å². The number of likely N-dealkylation sites (tertiary alicyclic amines) is 1. The molecule has 0 radical (unpaired) electrons. The number of halogens is 2. The van der Waals surface area contributed by atoms with Crippen LogP contribution >= 0.6 is 0 Å². The number of nitrogens with zero attached hydrogens (tertiary/aromatic N) is 4. The van der Waals surface area contributed by atoms with Crippen LogP contribution in [0.3, 0.4) is 0 Å². The van der Waals surface area contributed by atoms with E-state index in [0.29, 0.717) is 30.6 Å². The summed E-state index contributed by atoms with van der Waals surface area (Å²) in [7, 11) is 0. The van der Waals surface area contributed by atoms with Gasteiger partial charge < -0.3 is 10.2 Å². The molecule has 28 heavy (non-hydrogen) atoms. The van der Waals surface area contributed by atoms with Crippen LogP contribution in [0.25, 0.3) is 5.65 Å². The van der Waals surface area contributed by atoms with E-state index in [2.05, 4.69) is 15.5 Å². The van der Waals surface area contributed by atoms with Crippen LogP contribution < -0.4 is 5.32 Å². The van der Waals surface area contributed by atoms with Crippen LogP contribution in [-0.2, 0) is 11.3 Å². The highest BCUT2D eigenvalue weighted by Crippen LogP contribution is 2.18. The maximum atomic E-state index is 13.9. The van der Waals surface area contributed by atoms with E-state index < -0.39 is 17.7 Å². The fourth-order valence-corrected chi connectivity index (χ4v) is 3.29. The van der Waals surface area contributed by atoms with Gasteiger partial charge in [0.15, 0.2) is 5.65 Å². The summed E-state index contributed by atoms with van der Waals surface area (Å²) >= 11 is 0. The minimum Gasteiger partial charge on any atom is -0.340 e. The first-order valence-corrected chi connectivity index (χ1v) is 8.84. The predicted octanol–water partition coefficient (Wildman–Crippen LogP) is 1.93. The fraction of sp³-hybridized carbons (Fsp3) is 0.263. The summed E-state index contributed by atoms with van der Waals surface area (Å²) in [5.74, 6) is -2.03. The molecule has 144 valence electrons. The van der Waals surface area contributed by atoms with Crippen molar-refractivity contribution in [3.63, 3.8) is 0 Å². The zero-order valence-corrected chi connectivity index (χ0v) is 14.8. The lowest BCUT2D eigenvalue weighted by molar-refractivity contribution is -0.136. The molecular formula is C19H17F2N5O2. The molecule has 1 saturated heterocycles. The van der Waals surface area contributed by atoms with Gasteiger partial charge in [-0.25, -0.2) is 8.78 Å². The minimum atomic E-state index is -0.693. The van der Waals surface area contributed by atoms with Gasteiger partial charge in [0.2, 0.25) is 5.91 Å². The van der Waals surface area contributed by atoms with Gasteiger partial charge in [-0.05, 0) is 31.0 Å². The number of carbonyl (C=O) groups is 2. The highest BCUT2D eigenvalue weighted by molar-refractivity contribution is 5.97. The molecule has 1 aliphatic rings. The van der Waals surface area contributed by atoms with Gasteiger partial charge in [-0.1, -0.05) is 6.07 Å². The zero-order valence-electron chi connectivity index (χ0n) is 14.8. The summed E-state index contributed by atoms with van der Waals surface area (Å²) in [5, 5.41) is 10.4. The number of carbonyl (C=O) groups excluding carboxylic acids is 2. The molecule has 3 heterocycles. The van der Waals surface area contributed by atoms with Crippen LogP contribution in [0.5, 0.6) is 0 Å². The number of piperidine rings is 1. The van der Waals surface area contributed by atoms with Crippen molar-refractivity contribution in [2.75, 3.05) is 6.54 Å². The SMILES string of the molecule is O=C(NC1CCCN(Cc2ccc(F)cc2F)C1=O)c1ccc2nncn2c1. The molecule has 1 unspecified atom stereocenters. The average Bonchev–Trinajstić information content (AvgIpc) is 3.14. The Kier molecular flexibility index (Phi) is 4.72. The Morgan fingerprint density at radius 3 is 2.93 bits per heavy atom. The number of nitrogens with one attached hydrogen (secondary N) is 1. The lowest BCUT2D eigenvalue weighted by atomic mass is 10.0. The molecule has 2 aromatic heterocycles. The van der Waals surface area contributed by atoms with Crippen molar-refractivity contribution in [1.29, 1.82) is 0 Å². The first kappa shape index (κ1) is 18.0. The Balaban J connectivity index is 1.45. The molecule has 2 amide bonds. The minimum absolute atomic E-state index is 0.0317. The van der Waals surface area contributed by atoms with E-state index in [9.17, 15) is 18.4 Å². The predicted molar refractivity (Wildman–Crippen MR) is 95.3 cm³/mol. The van der Waals surface area contributed by atoms with E-state index in [1.165, 1.54) is 17.3 Å². The average molecular weight is 385 g/mol. The van der Waals surface area contributed by atoms with Gasteiger partial charge in [0.05, 0.1) is 5.56 Å². The quantitative estimate of drug-likeness (QED) is 0.744. The number of hydrogen-bond donors (Lipinski definition) is 1. The fourth-order valence-electron chi connectivity index (χ4n) is 3.29. The monoisotopic (exact) mass is 385 g/mol. The van der Waals surface area contributed by atoms with Crippen molar-refractivity contribution in [3.05, 3.63) is 65.6 Å². The van der Waals surface area contributed by atoms with Gasteiger partial charge in [0.25, 0.3) is 5.91 Å². The lowest BCUT2D eigenvalue weighted by Crippen LogP contribution is -2.52. The van der Waals surface area contributed by atoms with Crippen molar-refractivity contribution in [3.8, 4) is 0 Å². The third-order valence-electron chi connectivity index (χ3n) is 4.77. The second-order valence-corrected chi connectivity index (χ2v) is 6.68. The molecule has 0 aliphatic carbocycles. The lowest BCUT2D eigenvalue weighted by Gasteiger charge is -2.32. The Morgan fingerprint density at radius 1 is 1.25 bits per heavy atom. The van der Waals surface area contributed by atoms with Gasteiger partial charge >= 0.3 is 0 Å². The van der Waals surface area contributed by atoms with E-state index in [4.69, 9.17) is 0 Å². The maximum Gasteiger partial charge on any atom is 0.253 e. The van der Waals surface area contributed by atoms with Gasteiger partial charge in [-0.3, -0.25) is 14.0 Å². The van der Waals surface area contributed by atoms with Crippen LogP contribution in [0.2, 0.25) is 0 Å². The number of hydrogen-bond acceptors (Lipinski definition) is 4. The molecule has 1 aliphatic heterocycles. The smallest absolute Gasteiger partial charge is 0.253 e. The molecular weight excluding hydrogens is 368 g/mol. The second kappa shape index (κ2) is 7.34. The maximum absolute atomic E-state index is 13.9. The number of rotatable bonds is 4. The molecule has 3 aromatic rings. The molecule has 1 aromatic carbocycles. The Hall–Kier alpha value is -3.36. The summed E-state index contributed by atoms with van der Waals surface area (Å²) < 4.78 is 28.6. The van der Waals surface area contributed by atoms with Crippen LogP contribution in [0.4, 0.5) is 8.78 Å². The first-order chi connectivity index (χ1) is 13.5. The summed E-state index contributed by atoms with van der Waals surface area (Å²) in [6.07, 6.45) is 4.24. The Bertz CT molecular complexity index is 1050. The van der Waals surface area contributed by atoms with Crippen molar-refractivity contribution in [2.45, 2.75) is 25.4 Å². The molecule has 1 atom stereocenters. The number of pyridine rings is 1. The van der Waals surface area contributed by atoms with Gasteiger partial charge in [-0.2, -0.15) is 0 Å². The highest BCUT2D eigenvalue weighted by atomic mass is 19.1. The summed E-state index contributed by atoms with van der Waals surface area (Å²) in [5.41, 5.74) is 1.22. The molecule has 4 rings (SSSR count). The standard InChI is InChI=1S/C19H17F2N5O2/c20-14-5-3-12(15(21)8-14)9-25-7-1-2-16(19(25)28)23-18(27)13-4-6-17-24-22-11-26(17)10-13/h3-6,8,10-11,16H,1-2,7,9H2,(H,23,27). The highest BCUT2D eigenvalue weighted by Gasteiger charge is 2.30. The van der Waals surface area contributed by atoms with E-state index in [1.807, 2.05) is 0 Å². The van der Waals surface area contributed by atoms with Crippen molar-refractivity contribution in [1.82, 2.24) is 24.8 Å². The Morgan fingerprint density at radius 2 is 2.11 bits per heavy atom. The van der Waals surface area contributed by atoms with E-state index in [-0.39, 0.29) is 23.9 Å². The number of amides is 2. The zero-order chi connectivity index (χ0) is 19.7. The summed E-state index contributed by atoms with van der Waals surface area (Å²) in [6.45, 7) is 0.485. The Labute approximate surface area is 159 Å². The number of fused-ring (bicyclic) bond motifs is 1. The third-order valence-corrected chi connectivity index (χ3v) is 4.77. The van der Waals surface area contributed by atoms with Crippen molar-refractivity contribution in [2.24, 2.45) is 0 Å². The van der Waals surface area contributed by atoms with E-state index >= 15 is 0 Å². The number of benzene rings is 1. The molecule has 7 nitrogen and oxygen atoms in total. The topological polar surface area (TPSA) is 79.6 Å². The molecule has 9 heteroatoms. The van der Waals surface area contributed by atoms with Gasteiger partial charge in [0.1, 0.15) is 24.0 Å². The molecule has 0 spiro atoms. The van der Waals surface area contributed by atoms with Crippen LogP contribution in [-0.4, -0.2) is 43.9 Å². The normalized spacial score (nSPS) is 17.1. The van der Waals surface area contributed by atoms with Gasteiger partial charge in [0, 0.05) is 30.9 Å². The first-order valence-electron chi connectivity index (χ1n) is 8.84. The summed E-state index contributed by atoms with van der Waals surface area (Å²) in [6, 6.07) is 5.86. The van der Waals surface area contributed by atoms with Crippen LogP contribution in [0.1, 0.15) is 28.8 Å². The van der Waals surface area contributed by atoms with Crippen LogP contribution in [0.15, 0.2) is 42.9 Å². The van der Waals surface area contributed by atoms with E-state index in [0.717, 1.165) is 12.1 Å². The van der Waals surface area contributed by atoms with Crippen molar-refractivity contribution >= 4 is 17.5 Å². The summed E-state index contributed by atoms with van der Waals surface area (Å²) in [4.78, 5) is 26.8. The largest absolute Gasteiger partial charge is 0.340 e. The molecule has 0 bridgehead atoms. The molecule has 0 saturated carbocycles. The molecule has 1 fully saturated rings. The third kappa shape index (κ3) is 3.55. The number of aromatic nitrogens is 3. The second-order valence-electron chi connectivity index (χ2n) is 6.68.